The maximum atomic E-state index is 13.2. The van der Waals surface area contributed by atoms with E-state index >= 15 is 0 Å². The smallest absolute Gasteiger partial charge is 0.410 e. The molecule has 0 atom stereocenters. The zero-order valence-corrected chi connectivity index (χ0v) is 16.1. The van der Waals surface area contributed by atoms with Gasteiger partial charge in [0, 0.05) is 23.3 Å². The van der Waals surface area contributed by atoms with Gasteiger partial charge in [-0.3, -0.25) is 9.36 Å². The Labute approximate surface area is 154 Å². The normalized spacial score (nSPS) is 11.3. The molecule has 0 saturated carbocycles. The van der Waals surface area contributed by atoms with E-state index in [1.54, 1.807) is 33.9 Å². The number of hydrogen-bond acceptors (Lipinski definition) is 3. The standard InChI is InChI=1S/C18H20BrFN2O3/c1-18(2,3)25-17(24)21(4)11-15-14(19)9-10-16(23)22(15)13-7-5-12(20)6-8-13/h5-10H,11H2,1-4H3. The molecule has 0 unspecified atom stereocenters. The first kappa shape index (κ1) is 19.2. The summed E-state index contributed by atoms with van der Waals surface area (Å²) in [6.45, 7) is 5.49. The molecule has 0 aliphatic heterocycles. The van der Waals surface area contributed by atoms with E-state index in [0.29, 0.717) is 15.9 Å². The number of amides is 1. The SMILES string of the molecule is CN(Cc1c(Br)ccc(=O)n1-c1ccc(F)cc1)C(=O)OC(C)(C)C. The third-order valence-corrected chi connectivity index (χ3v) is 4.04. The third-order valence-electron chi connectivity index (χ3n) is 3.32. The summed E-state index contributed by atoms with van der Waals surface area (Å²) in [7, 11) is 1.59. The van der Waals surface area contributed by atoms with Crippen LogP contribution in [0.3, 0.4) is 0 Å². The number of pyridine rings is 1. The molecule has 1 amide bonds. The highest BCUT2D eigenvalue weighted by molar-refractivity contribution is 9.10. The van der Waals surface area contributed by atoms with Crippen LogP contribution in [0.5, 0.6) is 0 Å². The predicted molar refractivity (Wildman–Crippen MR) is 97.4 cm³/mol. The van der Waals surface area contributed by atoms with Gasteiger partial charge < -0.3 is 9.64 Å². The van der Waals surface area contributed by atoms with Crippen LogP contribution in [0.15, 0.2) is 45.7 Å². The molecule has 1 aromatic heterocycles. The van der Waals surface area contributed by atoms with Gasteiger partial charge in [0.1, 0.15) is 11.4 Å². The predicted octanol–water partition coefficient (Wildman–Crippen LogP) is 4.11. The van der Waals surface area contributed by atoms with Crippen LogP contribution in [0.25, 0.3) is 5.69 Å². The fraction of sp³-hybridized carbons (Fsp3) is 0.333. The topological polar surface area (TPSA) is 51.5 Å². The van der Waals surface area contributed by atoms with E-state index in [2.05, 4.69) is 15.9 Å². The van der Waals surface area contributed by atoms with Crippen molar-refractivity contribution in [3.8, 4) is 5.69 Å². The first-order chi connectivity index (χ1) is 11.6. The number of carbonyl (C=O) groups excluding carboxylic acids is 1. The van der Waals surface area contributed by atoms with Gasteiger partial charge in [0.05, 0.1) is 12.2 Å². The molecule has 0 aliphatic carbocycles. The van der Waals surface area contributed by atoms with Gasteiger partial charge in [-0.2, -0.15) is 0 Å². The van der Waals surface area contributed by atoms with Gasteiger partial charge in [-0.1, -0.05) is 0 Å². The molecule has 134 valence electrons. The Morgan fingerprint density at radius 2 is 1.80 bits per heavy atom. The van der Waals surface area contributed by atoms with Crippen LogP contribution in [-0.2, 0) is 11.3 Å². The minimum atomic E-state index is -0.615. The number of rotatable bonds is 3. The van der Waals surface area contributed by atoms with E-state index in [0.717, 1.165) is 0 Å². The highest BCUT2D eigenvalue weighted by Crippen LogP contribution is 2.21. The molecule has 0 aliphatic rings. The van der Waals surface area contributed by atoms with Crippen molar-refractivity contribution < 1.29 is 13.9 Å². The third kappa shape index (κ3) is 4.92. The monoisotopic (exact) mass is 410 g/mol. The second-order valence-corrected chi connectivity index (χ2v) is 7.47. The van der Waals surface area contributed by atoms with E-state index in [1.165, 1.54) is 39.8 Å². The zero-order chi connectivity index (χ0) is 18.8. The molecule has 5 nitrogen and oxygen atoms in total. The maximum Gasteiger partial charge on any atom is 0.410 e. The van der Waals surface area contributed by atoms with Crippen LogP contribution in [0, 0.1) is 5.82 Å². The molecule has 0 bridgehead atoms. The molecular weight excluding hydrogens is 391 g/mol. The Bertz CT molecular complexity index is 826. The summed E-state index contributed by atoms with van der Waals surface area (Å²) in [6, 6.07) is 8.62. The Hall–Kier alpha value is -2.15. The number of hydrogen-bond donors (Lipinski definition) is 0. The van der Waals surface area contributed by atoms with Gasteiger partial charge in [-0.05, 0) is 67.0 Å². The summed E-state index contributed by atoms with van der Waals surface area (Å²) in [4.78, 5) is 26.0. The minimum absolute atomic E-state index is 0.142. The molecule has 2 rings (SSSR count). The molecule has 0 fully saturated rings. The lowest BCUT2D eigenvalue weighted by Gasteiger charge is -2.26. The van der Waals surface area contributed by atoms with Gasteiger partial charge >= 0.3 is 6.09 Å². The summed E-state index contributed by atoms with van der Waals surface area (Å²) in [5.41, 5.74) is 0.186. The number of benzene rings is 1. The van der Waals surface area contributed by atoms with Crippen molar-refractivity contribution in [3.05, 3.63) is 62.7 Å². The average Bonchev–Trinajstić information content (AvgIpc) is 2.50. The Morgan fingerprint density at radius 1 is 1.20 bits per heavy atom. The van der Waals surface area contributed by atoms with Crippen molar-refractivity contribution >= 4 is 22.0 Å². The summed E-state index contributed by atoms with van der Waals surface area (Å²) < 4.78 is 20.6. The number of halogens is 2. The van der Waals surface area contributed by atoms with Gasteiger partial charge in [0.25, 0.3) is 5.56 Å². The number of nitrogens with zero attached hydrogens (tertiary/aromatic N) is 2. The van der Waals surface area contributed by atoms with Crippen LogP contribution in [0.4, 0.5) is 9.18 Å². The van der Waals surface area contributed by atoms with Gasteiger partial charge in [-0.15, -0.1) is 0 Å². The number of aromatic nitrogens is 1. The molecule has 1 aromatic carbocycles. The minimum Gasteiger partial charge on any atom is -0.444 e. The van der Waals surface area contributed by atoms with Crippen molar-refractivity contribution in [3.63, 3.8) is 0 Å². The second kappa shape index (κ2) is 7.39. The maximum absolute atomic E-state index is 13.2. The van der Waals surface area contributed by atoms with Gasteiger partial charge in [-0.25, -0.2) is 9.18 Å². The lowest BCUT2D eigenvalue weighted by atomic mass is 10.2. The second-order valence-electron chi connectivity index (χ2n) is 6.61. The summed E-state index contributed by atoms with van der Waals surface area (Å²) >= 11 is 3.42. The van der Waals surface area contributed by atoms with Crippen LogP contribution in [-0.4, -0.2) is 28.2 Å². The van der Waals surface area contributed by atoms with Crippen molar-refractivity contribution in [1.82, 2.24) is 9.47 Å². The van der Waals surface area contributed by atoms with Gasteiger partial charge in [0.15, 0.2) is 0 Å². The highest BCUT2D eigenvalue weighted by Gasteiger charge is 2.21. The Morgan fingerprint density at radius 3 is 2.36 bits per heavy atom. The molecule has 7 heteroatoms. The van der Waals surface area contributed by atoms with Crippen LogP contribution in [0.1, 0.15) is 26.5 Å². The fourth-order valence-electron chi connectivity index (χ4n) is 2.20. The molecular formula is C18H20BrFN2O3. The highest BCUT2D eigenvalue weighted by atomic mass is 79.9. The molecule has 2 aromatic rings. The number of ether oxygens (including phenoxy) is 1. The lowest BCUT2D eigenvalue weighted by molar-refractivity contribution is 0.0281. The lowest BCUT2D eigenvalue weighted by Crippen LogP contribution is -2.35. The first-order valence-electron chi connectivity index (χ1n) is 7.69. The van der Waals surface area contributed by atoms with E-state index in [9.17, 15) is 14.0 Å². The quantitative estimate of drug-likeness (QED) is 0.764. The van der Waals surface area contributed by atoms with E-state index < -0.39 is 11.7 Å². The van der Waals surface area contributed by atoms with E-state index in [-0.39, 0.29) is 17.9 Å². The molecule has 0 N–H and O–H groups in total. The molecule has 25 heavy (non-hydrogen) atoms. The van der Waals surface area contributed by atoms with Crippen LogP contribution >= 0.6 is 15.9 Å². The molecule has 0 spiro atoms. The molecule has 0 saturated heterocycles. The van der Waals surface area contributed by atoms with Crippen molar-refractivity contribution in [1.29, 1.82) is 0 Å². The van der Waals surface area contributed by atoms with Crippen molar-refractivity contribution in [2.75, 3.05) is 7.05 Å². The van der Waals surface area contributed by atoms with E-state index in [4.69, 9.17) is 4.74 Å². The fourth-order valence-corrected chi connectivity index (χ4v) is 2.64. The molecule has 0 radical (unpaired) electrons. The largest absolute Gasteiger partial charge is 0.444 e. The number of carbonyl (C=O) groups is 1. The Balaban J connectivity index is 2.41. The summed E-state index contributed by atoms with van der Waals surface area (Å²) in [5, 5.41) is 0. The summed E-state index contributed by atoms with van der Waals surface area (Å²) in [5.74, 6) is -0.390. The first-order valence-corrected chi connectivity index (χ1v) is 8.48. The van der Waals surface area contributed by atoms with E-state index in [1.807, 2.05) is 0 Å². The van der Waals surface area contributed by atoms with Crippen molar-refractivity contribution in [2.45, 2.75) is 32.9 Å². The Kier molecular flexibility index (Phi) is 5.67. The average molecular weight is 411 g/mol. The van der Waals surface area contributed by atoms with Gasteiger partial charge in [0.2, 0.25) is 0 Å². The zero-order valence-electron chi connectivity index (χ0n) is 14.5. The summed E-state index contributed by atoms with van der Waals surface area (Å²) in [6.07, 6.45) is -0.499. The van der Waals surface area contributed by atoms with Crippen LogP contribution < -0.4 is 5.56 Å². The van der Waals surface area contributed by atoms with Crippen LogP contribution in [0.2, 0.25) is 0 Å². The van der Waals surface area contributed by atoms with Crippen molar-refractivity contribution in [2.24, 2.45) is 0 Å². The molecule has 1 heterocycles.